The Kier molecular flexibility index (Phi) is 4.45. The monoisotopic (exact) mass is 378 g/mol. The van der Waals surface area contributed by atoms with Crippen molar-refractivity contribution in [1.82, 2.24) is 15.1 Å². The number of nitrogens with two attached hydrogens (primary N) is 1. The number of imidazole rings is 1. The van der Waals surface area contributed by atoms with E-state index in [0.29, 0.717) is 17.0 Å². The molecule has 0 radical (unpaired) electrons. The van der Waals surface area contributed by atoms with Crippen LogP contribution in [0.5, 0.6) is 0 Å². The number of fused-ring (bicyclic) bond motifs is 1. The Bertz CT molecular complexity index is 1080. The minimum atomic E-state index is 0.410. The fraction of sp³-hybridized carbons (Fsp3) is 0.381. The highest BCUT2D eigenvalue weighted by Crippen LogP contribution is 2.35. The van der Waals surface area contributed by atoms with Gasteiger partial charge in [-0.2, -0.15) is 0 Å². The summed E-state index contributed by atoms with van der Waals surface area (Å²) in [6.45, 7) is 8.33. The predicted molar refractivity (Wildman–Crippen MR) is 112 cm³/mol. The van der Waals surface area contributed by atoms with Gasteiger partial charge in [-0.25, -0.2) is 4.98 Å². The Morgan fingerprint density at radius 1 is 1.32 bits per heavy atom. The van der Waals surface area contributed by atoms with Gasteiger partial charge in [-0.3, -0.25) is 0 Å². The van der Waals surface area contributed by atoms with Crippen LogP contribution in [0, 0.1) is 25.2 Å². The lowest BCUT2D eigenvalue weighted by Crippen LogP contribution is -2.06. The molecule has 5 N–H and O–H groups in total. The molecule has 0 saturated heterocycles. The maximum absolute atomic E-state index is 8.25. The first kappa shape index (κ1) is 18.3. The van der Waals surface area contributed by atoms with Gasteiger partial charge in [-0.05, 0) is 64.2 Å². The van der Waals surface area contributed by atoms with Gasteiger partial charge in [0, 0.05) is 34.7 Å². The summed E-state index contributed by atoms with van der Waals surface area (Å²) in [5, 5.41) is 15.7. The number of anilines is 1. The fourth-order valence-electron chi connectivity index (χ4n) is 3.70. The predicted octanol–water partition coefficient (Wildman–Crippen LogP) is 4.39. The summed E-state index contributed by atoms with van der Waals surface area (Å²) in [6, 6.07) is 4.09. The van der Waals surface area contributed by atoms with Gasteiger partial charge in [-0.1, -0.05) is 5.16 Å². The molecule has 1 saturated carbocycles. The van der Waals surface area contributed by atoms with Crippen molar-refractivity contribution in [2.45, 2.75) is 40.5 Å². The van der Waals surface area contributed by atoms with Crippen molar-refractivity contribution in [3.63, 3.8) is 0 Å². The summed E-state index contributed by atoms with van der Waals surface area (Å²) in [6.07, 6.45) is 2.56. The van der Waals surface area contributed by atoms with Gasteiger partial charge >= 0.3 is 0 Å². The molecule has 1 fully saturated rings. The number of benzene rings is 1. The third-order valence-corrected chi connectivity index (χ3v) is 5.20. The van der Waals surface area contributed by atoms with Crippen molar-refractivity contribution in [2.75, 3.05) is 11.9 Å². The van der Waals surface area contributed by atoms with Crippen molar-refractivity contribution >= 4 is 28.3 Å². The molecule has 4 rings (SSSR count). The van der Waals surface area contributed by atoms with E-state index in [1.807, 2.05) is 26.8 Å². The average molecular weight is 378 g/mol. The zero-order valence-corrected chi connectivity index (χ0v) is 16.7. The molecule has 7 heteroatoms. The first-order chi connectivity index (χ1) is 13.3. The Morgan fingerprint density at radius 3 is 2.64 bits per heavy atom. The minimum absolute atomic E-state index is 0.410. The van der Waals surface area contributed by atoms with Crippen molar-refractivity contribution in [2.24, 2.45) is 11.7 Å². The largest absolute Gasteiger partial charge is 0.402 e. The lowest BCUT2D eigenvalue weighted by Gasteiger charge is -2.12. The highest BCUT2D eigenvalue weighted by Gasteiger charge is 2.22. The maximum Gasteiger partial charge on any atom is 0.201 e. The van der Waals surface area contributed by atoms with Crippen molar-refractivity contribution in [3.8, 4) is 11.1 Å². The van der Waals surface area contributed by atoms with Gasteiger partial charge in [0.2, 0.25) is 5.95 Å². The zero-order valence-electron chi connectivity index (χ0n) is 16.7. The molecule has 0 aliphatic heterocycles. The first-order valence-corrected chi connectivity index (χ1v) is 9.58. The smallest absolute Gasteiger partial charge is 0.201 e. The normalized spacial score (nSPS) is 15.0. The van der Waals surface area contributed by atoms with Gasteiger partial charge in [-0.15, -0.1) is 0 Å². The van der Waals surface area contributed by atoms with E-state index in [9.17, 15) is 0 Å². The van der Waals surface area contributed by atoms with Crippen LogP contribution in [0.1, 0.15) is 43.7 Å². The second-order valence-electron chi connectivity index (χ2n) is 7.71. The molecular weight excluding hydrogens is 352 g/mol. The highest BCUT2D eigenvalue weighted by molar-refractivity contribution is 6.24. The molecule has 0 atom stereocenters. The lowest BCUT2D eigenvalue weighted by molar-refractivity contribution is 0.393. The number of hydrogen-bond donors (Lipinski definition) is 4. The van der Waals surface area contributed by atoms with E-state index in [2.05, 4.69) is 21.5 Å². The van der Waals surface area contributed by atoms with Crippen LogP contribution >= 0.6 is 0 Å². The topological polar surface area (TPSA) is 117 Å². The number of nitrogens with one attached hydrogen (secondary N) is 3. The molecule has 1 aromatic carbocycles. The lowest BCUT2D eigenvalue weighted by atomic mass is 9.94. The quantitative estimate of drug-likeness (QED) is 0.475. The number of nitrogens with zero attached hydrogens (tertiary/aromatic N) is 2. The maximum atomic E-state index is 8.25. The van der Waals surface area contributed by atoms with Crippen molar-refractivity contribution in [3.05, 3.63) is 34.8 Å². The molecule has 146 valence electrons. The number of aromatic nitrogens is 3. The zero-order chi connectivity index (χ0) is 20.0. The highest BCUT2D eigenvalue weighted by atomic mass is 16.5. The summed E-state index contributed by atoms with van der Waals surface area (Å²) in [5.41, 5.74) is 13.2. The van der Waals surface area contributed by atoms with Crippen LogP contribution in [-0.2, 0) is 0 Å². The molecule has 7 nitrogen and oxygen atoms in total. The molecule has 1 aliphatic rings. The Balaban J connectivity index is 1.92. The summed E-state index contributed by atoms with van der Waals surface area (Å²) < 4.78 is 5.37. The third kappa shape index (κ3) is 3.28. The number of aromatic amines is 1. The van der Waals surface area contributed by atoms with E-state index < -0.39 is 0 Å². The minimum Gasteiger partial charge on any atom is -0.402 e. The molecule has 0 spiro atoms. The van der Waals surface area contributed by atoms with Gasteiger partial charge < -0.3 is 26.0 Å². The van der Waals surface area contributed by atoms with Crippen LogP contribution < -0.4 is 11.1 Å². The second-order valence-corrected chi connectivity index (χ2v) is 7.71. The molecule has 2 aromatic heterocycles. The Hall–Kier alpha value is -3.09. The molecule has 2 heterocycles. The summed E-state index contributed by atoms with van der Waals surface area (Å²) in [4.78, 5) is 8.16. The van der Waals surface area contributed by atoms with E-state index in [1.54, 1.807) is 6.92 Å². The standard InChI is InChI=1S/C21H26N6O/c1-10(22)18(11(2)23)16-7-15(19-12(3)27-28-13(19)4)8-17-20(16)26-21(25-17)24-9-14-5-6-14/h7-8,14,22H,5-6,9,23H2,1-4H3,(H2,24,25,26)/b18-11+,22-10?. The SMILES string of the molecule is CC(=N)/C(=C(/C)N)c1cc(-c2c(C)noc2C)cc2[nH]c(NCC3CC3)nc12. The number of hydrogen-bond acceptors (Lipinski definition) is 6. The van der Waals surface area contributed by atoms with Crippen LogP contribution in [-0.4, -0.2) is 27.4 Å². The molecule has 1 aliphatic carbocycles. The van der Waals surface area contributed by atoms with Crippen LogP contribution in [0.4, 0.5) is 5.95 Å². The third-order valence-electron chi connectivity index (χ3n) is 5.20. The van der Waals surface area contributed by atoms with Gasteiger partial charge in [0.25, 0.3) is 0 Å². The number of allylic oxidation sites excluding steroid dienone is 2. The van der Waals surface area contributed by atoms with Gasteiger partial charge in [0.15, 0.2) is 0 Å². The number of rotatable bonds is 6. The summed E-state index contributed by atoms with van der Waals surface area (Å²) in [5.74, 6) is 2.25. The van der Waals surface area contributed by atoms with Crippen molar-refractivity contribution in [1.29, 1.82) is 5.41 Å². The Morgan fingerprint density at radius 2 is 2.07 bits per heavy atom. The second kappa shape index (κ2) is 6.82. The summed E-state index contributed by atoms with van der Waals surface area (Å²) in [7, 11) is 0. The molecule has 28 heavy (non-hydrogen) atoms. The van der Waals surface area contributed by atoms with Crippen LogP contribution in [0.25, 0.3) is 27.7 Å². The Labute approximate surface area is 163 Å². The van der Waals surface area contributed by atoms with E-state index in [1.165, 1.54) is 12.8 Å². The number of H-pyrrole nitrogens is 1. The van der Waals surface area contributed by atoms with Crippen LogP contribution in [0.2, 0.25) is 0 Å². The van der Waals surface area contributed by atoms with E-state index in [0.717, 1.165) is 57.6 Å². The molecular formula is C21H26N6O. The molecule has 0 unspecified atom stereocenters. The first-order valence-electron chi connectivity index (χ1n) is 9.58. The van der Waals surface area contributed by atoms with Crippen molar-refractivity contribution < 1.29 is 4.52 Å². The molecule has 0 amide bonds. The van der Waals surface area contributed by atoms with Gasteiger partial charge in [0.05, 0.1) is 16.7 Å². The molecule has 0 bridgehead atoms. The van der Waals surface area contributed by atoms with E-state index in [4.69, 9.17) is 20.7 Å². The van der Waals surface area contributed by atoms with Gasteiger partial charge in [0.1, 0.15) is 5.76 Å². The van der Waals surface area contributed by atoms with E-state index in [-0.39, 0.29) is 0 Å². The fourth-order valence-corrected chi connectivity index (χ4v) is 3.70. The molecule has 3 aromatic rings. The van der Waals surface area contributed by atoms with Crippen LogP contribution in [0.3, 0.4) is 0 Å². The average Bonchev–Trinajstić information content (AvgIpc) is 3.26. The van der Waals surface area contributed by atoms with Crippen LogP contribution in [0.15, 0.2) is 22.4 Å². The van der Waals surface area contributed by atoms with E-state index >= 15 is 0 Å². The number of aryl methyl sites for hydroxylation is 2. The summed E-state index contributed by atoms with van der Waals surface area (Å²) >= 11 is 0.